The molecule has 4 N–H and O–H groups in total. The summed E-state index contributed by atoms with van der Waals surface area (Å²) in [4.78, 5) is 61.1. The van der Waals surface area contributed by atoms with Gasteiger partial charge in [0.1, 0.15) is 22.6 Å². The van der Waals surface area contributed by atoms with Crippen LogP contribution in [0.2, 0.25) is 0 Å². The number of carboxylic acids is 2. The number of aromatic nitrogens is 8. The third-order valence-electron chi connectivity index (χ3n) is 11.2. The number of carboxylic acid groups (broad SMARTS) is 2. The van der Waals surface area contributed by atoms with Crippen LogP contribution in [0.5, 0.6) is 0 Å². The number of aromatic amines is 2. The molecule has 0 fully saturated rings. The number of carbonyl (C=O) groups is 2. The van der Waals surface area contributed by atoms with Crippen LogP contribution < -0.4 is 0 Å². The van der Waals surface area contributed by atoms with E-state index >= 15 is 0 Å². The van der Waals surface area contributed by atoms with Crippen molar-refractivity contribution in [3.63, 3.8) is 0 Å². The zero-order valence-corrected chi connectivity index (χ0v) is 35.7. The first kappa shape index (κ1) is 39.7. The Hall–Kier alpha value is -7.70. The molecule has 0 aliphatic carbocycles. The van der Waals surface area contributed by atoms with Crippen LogP contribution in [0.15, 0.2) is 66.7 Å². The Bertz CT molecular complexity index is 3440. The van der Waals surface area contributed by atoms with E-state index in [0.717, 1.165) is 49.7 Å². The number of rotatable bonds is 0. The number of nitrogens with zero attached hydrogens (tertiary/aromatic N) is 6. The average Bonchev–Trinajstić information content (AvgIpc) is 3.92. The third-order valence-corrected chi connectivity index (χ3v) is 11.2. The van der Waals surface area contributed by atoms with Gasteiger partial charge in [-0.15, -0.1) is 0 Å². The summed E-state index contributed by atoms with van der Waals surface area (Å²) in [6, 6.07) is 22.0. The zero-order chi connectivity index (χ0) is 44.0. The zero-order valence-electron chi connectivity index (χ0n) is 35.7. The molecule has 62 heavy (non-hydrogen) atoms. The lowest BCUT2D eigenvalue weighted by Crippen LogP contribution is -2.10. The van der Waals surface area contributed by atoms with Gasteiger partial charge in [-0.25, -0.2) is 39.5 Å². The molecule has 306 valence electrons. The quantitative estimate of drug-likeness (QED) is 0.108. The molecule has 8 bridgehead atoms. The lowest BCUT2D eigenvalue weighted by molar-refractivity contribution is -0.131. The number of hydrogen-bond acceptors (Lipinski definition) is 8. The first-order valence-corrected chi connectivity index (χ1v) is 20.2. The minimum atomic E-state index is -1.35. The minimum absolute atomic E-state index is 0.140. The van der Waals surface area contributed by atoms with Crippen LogP contribution in [-0.4, -0.2) is 62.0 Å². The number of benzene rings is 4. The summed E-state index contributed by atoms with van der Waals surface area (Å²) in [5.41, 5.74) is 8.19. The first-order chi connectivity index (χ1) is 29.2. The molecule has 12 nitrogen and oxygen atoms in total. The number of hydrogen-bond donors (Lipinski definition) is 4. The maximum absolute atomic E-state index is 11.6. The molecular formula is C50H42N8O4. The summed E-state index contributed by atoms with van der Waals surface area (Å²) < 4.78 is 0. The molecule has 0 unspecified atom stereocenters. The number of fused-ring (bicyclic) bond motifs is 20. The van der Waals surface area contributed by atoms with Crippen molar-refractivity contribution in [3.8, 4) is 69.2 Å². The fourth-order valence-electron chi connectivity index (χ4n) is 7.69. The number of nitrogens with one attached hydrogen (secondary N) is 2. The second-order valence-corrected chi connectivity index (χ2v) is 18.7. The lowest BCUT2D eigenvalue weighted by atomic mass is 9.85. The third kappa shape index (κ3) is 7.09. The van der Waals surface area contributed by atoms with Crippen LogP contribution in [0.25, 0.3) is 89.7 Å². The van der Waals surface area contributed by atoms with Crippen LogP contribution in [0.4, 0.5) is 0 Å². The van der Waals surface area contributed by atoms with Crippen molar-refractivity contribution in [2.24, 2.45) is 0 Å². The van der Waals surface area contributed by atoms with Crippen molar-refractivity contribution in [1.29, 1.82) is 0 Å². The summed E-state index contributed by atoms with van der Waals surface area (Å²) in [6.45, 7) is 19.4. The molecule has 12 heteroatoms. The number of aliphatic carboxylic acids is 2. The van der Waals surface area contributed by atoms with Crippen LogP contribution >= 0.6 is 0 Å². The van der Waals surface area contributed by atoms with Gasteiger partial charge in [0.15, 0.2) is 23.3 Å². The van der Waals surface area contributed by atoms with E-state index in [1.807, 2.05) is 12.1 Å². The lowest BCUT2D eigenvalue weighted by Gasteiger charge is -2.19. The van der Waals surface area contributed by atoms with E-state index in [0.29, 0.717) is 56.7 Å². The fourth-order valence-corrected chi connectivity index (χ4v) is 7.69. The molecule has 9 rings (SSSR count). The number of H-pyrrole nitrogens is 2. The largest absolute Gasteiger partial charge is 0.472 e. The van der Waals surface area contributed by atoms with Crippen LogP contribution in [0.1, 0.15) is 90.1 Å². The van der Waals surface area contributed by atoms with Crippen LogP contribution in [-0.2, 0) is 25.8 Å². The maximum atomic E-state index is 11.6. The van der Waals surface area contributed by atoms with Crippen molar-refractivity contribution in [2.45, 2.75) is 78.6 Å². The van der Waals surface area contributed by atoms with E-state index in [1.165, 1.54) is 0 Å². The summed E-state index contributed by atoms with van der Waals surface area (Å²) in [6.07, 6.45) is 0. The highest BCUT2D eigenvalue weighted by Crippen LogP contribution is 2.41. The van der Waals surface area contributed by atoms with E-state index in [-0.39, 0.29) is 27.4 Å². The first-order valence-electron chi connectivity index (χ1n) is 20.2. The Morgan fingerprint density at radius 3 is 1.16 bits per heavy atom. The molecule has 4 aromatic carbocycles. The van der Waals surface area contributed by atoms with E-state index in [2.05, 4.69) is 138 Å². The molecule has 0 saturated carbocycles. The second-order valence-electron chi connectivity index (χ2n) is 18.7. The van der Waals surface area contributed by atoms with Crippen molar-refractivity contribution < 1.29 is 19.8 Å². The molecule has 0 radical (unpaired) electrons. The molecule has 2 aliphatic heterocycles. The smallest absolute Gasteiger partial charge is 0.382 e. The van der Waals surface area contributed by atoms with Gasteiger partial charge in [0, 0.05) is 66.8 Å². The highest BCUT2D eigenvalue weighted by atomic mass is 16.4. The summed E-state index contributed by atoms with van der Waals surface area (Å²) in [7, 11) is 0. The second kappa shape index (κ2) is 13.9. The van der Waals surface area contributed by atoms with Crippen molar-refractivity contribution >= 4 is 56.1 Å². The van der Waals surface area contributed by atoms with E-state index in [4.69, 9.17) is 29.9 Å². The molecule has 5 heterocycles. The molecule has 2 aliphatic rings. The molecule has 7 aromatic rings. The topological polar surface area (TPSA) is 184 Å². The molecule has 0 amide bonds. The summed E-state index contributed by atoms with van der Waals surface area (Å²) in [5, 5.41) is 21.7. The van der Waals surface area contributed by atoms with Gasteiger partial charge in [0.05, 0.1) is 0 Å². The summed E-state index contributed by atoms with van der Waals surface area (Å²) >= 11 is 0. The van der Waals surface area contributed by atoms with Gasteiger partial charge in [-0.3, -0.25) is 0 Å². The Morgan fingerprint density at radius 1 is 0.435 bits per heavy atom. The van der Waals surface area contributed by atoms with E-state index < -0.39 is 11.9 Å². The van der Waals surface area contributed by atoms with Crippen molar-refractivity contribution in [1.82, 2.24) is 39.9 Å². The minimum Gasteiger partial charge on any atom is -0.472 e. The van der Waals surface area contributed by atoms with E-state index in [9.17, 15) is 19.8 Å². The van der Waals surface area contributed by atoms with Crippen LogP contribution in [0, 0.1) is 23.7 Å². The molecule has 0 saturated heterocycles. The van der Waals surface area contributed by atoms with Gasteiger partial charge in [-0.1, -0.05) is 111 Å². The highest BCUT2D eigenvalue weighted by molar-refractivity contribution is 6.08. The predicted octanol–water partition coefficient (Wildman–Crippen LogP) is 9.63. The maximum Gasteiger partial charge on any atom is 0.382 e. The monoisotopic (exact) mass is 818 g/mol. The Balaban J connectivity index is 1.48. The predicted molar refractivity (Wildman–Crippen MR) is 241 cm³/mol. The van der Waals surface area contributed by atoms with Crippen LogP contribution in [0.3, 0.4) is 0 Å². The Kier molecular flexibility index (Phi) is 8.93. The fraction of sp³-hybridized carbons (Fsp3) is 0.240. The van der Waals surface area contributed by atoms with Crippen molar-refractivity contribution in [3.05, 3.63) is 94.5 Å². The van der Waals surface area contributed by atoms with Gasteiger partial charge in [-0.2, -0.15) is 0 Å². The van der Waals surface area contributed by atoms with Crippen molar-refractivity contribution in [2.75, 3.05) is 0 Å². The summed E-state index contributed by atoms with van der Waals surface area (Å²) in [5.74, 6) is 8.58. The normalized spacial score (nSPS) is 12.3. The van der Waals surface area contributed by atoms with Gasteiger partial charge >= 0.3 is 11.9 Å². The molecule has 0 atom stereocenters. The van der Waals surface area contributed by atoms with E-state index in [1.54, 1.807) is 12.1 Å². The Labute approximate surface area is 357 Å². The molecular weight excluding hydrogens is 777 g/mol. The highest BCUT2D eigenvalue weighted by Gasteiger charge is 2.27. The van der Waals surface area contributed by atoms with Gasteiger partial charge in [-0.05, 0) is 63.3 Å². The van der Waals surface area contributed by atoms with Gasteiger partial charge in [0.2, 0.25) is 0 Å². The average molecular weight is 819 g/mol. The van der Waals surface area contributed by atoms with Gasteiger partial charge in [0.25, 0.3) is 0 Å². The standard InChI is InChI=1S/C50H42N8O4/c1-48(2,3)27-12-15-30-35(22-27)45-52-40(30)51-43-33-20-25(10-18-38(59)60)26(11-19-39(61)62)21-34(33)44(57-43)58-47-37-24-29(50(7,8)9)14-17-32(37)42(56-47)55-46-36-23-28(49(4,5)6)13-16-31(36)41(53-45)54-46/h12-17,20-24H,1-9H3,(H,59,60)(H,61,62)(H2,51,52,53,54,55,56,57,58). The SMILES string of the molecule is CC(C)(C)c1ccc2c(c1)-c1nc-2nc2[nH]c(nc3nc(nc4[nH]c(n1)c1ccc(C(C)(C)C)cc41)-c1ccc(C(C)(C)C)cc1-3)c1cc(C#CC(=O)O)c(C#CC(=O)O)cc21. The van der Waals surface area contributed by atoms with Gasteiger partial charge < -0.3 is 20.2 Å². The molecule has 0 spiro atoms. The Morgan fingerprint density at radius 2 is 0.774 bits per heavy atom. The molecule has 3 aromatic heterocycles.